The van der Waals surface area contributed by atoms with Crippen molar-refractivity contribution >= 4 is 23.6 Å². The van der Waals surface area contributed by atoms with Crippen molar-refractivity contribution in [1.29, 1.82) is 0 Å². The van der Waals surface area contributed by atoms with Gasteiger partial charge in [0.05, 0.1) is 11.1 Å². The lowest BCUT2D eigenvalue weighted by Crippen LogP contribution is -2.02. The second-order valence-corrected chi connectivity index (χ2v) is 4.54. The number of carboxylic acids is 2. The van der Waals surface area contributed by atoms with Crippen molar-refractivity contribution in [2.24, 2.45) is 0 Å². The van der Waals surface area contributed by atoms with Crippen LogP contribution in [0.3, 0.4) is 0 Å². The highest BCUT2D eigenvalue weighted by Crippen LogP contribution is 2.17. The lowest BCUT2D eigenvalue weighted by atomic mass is 10.0. The van der Waals surface area contributed by atoms with Crippen LogP contribution in [-0.4, -0.2) is 22.2 Å². The average Bonchev–Trinajstić information content (AvgIpc) is 2.52. The molecule has 2 rings (SSSR count). The molecule has 2 aromatic rings. The minimum atomic E-state index is -1.11. The highest BCUT2D eigenvalue weighted by molar-refractivity contribution is 6.16. The molecule has 0 radical (unpaired) electrons. The maximum Gasteiger partial charge on any atom is 0.336 e. The van der Waals surface area contributed by atoms with Crippen molar-refractivity contribution in [2.75, 3.05) is 0 Å². The van der Waals surface area contributed by atoms with Crippen LogP contribution in [0.1, 0.15) is 21.5 Å². The van der Waals surface area contributed by atoms with Crippen molar-refractivity contribution in [1.82, 2.24) is 0 Å². The summed E-state index contributed by atoms with van der Waals surface area (Å²) in [7, 11) is 0. The second-order valence-electron chi connectivity index (χ2n) is 4.54. The van der Waals surface area contributed by atoms with Crippen molar-refractivity contribution in [2.45, 2.75) is 0 Å². The number of allylic oxidation sites excluding steroid dienone is 2. The number of rotatable bonds is 5. The molecule has 0 amide bonds. The van der Waals surface area contributed by atoms with Crippen LogP contribution in [-0.2, 0) is 4.79 Å². The Balaban J connectivity index is 2.32. The monoisotopic (exact) mass is 294 g/mol. The van der Waals surface area contributed by atoms with E-state index in [0.29, 0.717) is 5.56 Å². The second kappa shape index (κ2) is 7.04. The first-order chi connectivity index (χ1) is 10.6. The predicted octanol–water partition coefficient (Wildman–Crippen LogP) is 3.57. The molecule has 0 heterocycles. The first-order valence-electron chi connectivity index (χ1n) is 6.58. The molecule has 0 atom stereocenters. The predicted molar refractivity (Wildman–Crippen MR) is 84.5 cm³/mol. The maximum absolute atomic E-state index is 11.4. The number of carboxylic acid groups (broad SMARTS) is 2. The van der Waals surface area contributed by atoms with Gasteiger partial charge in [-0.25, -0.2) is 9.59 Å². The summed E-state index contributed by atoms with van der Waals surface area (Å²) >= 11 is 0. The summed E-state index contributed by atoms with van der Waals surface area (Å²) in [6.07, 6.45) is 4.87. The van der Waals surface area contributed by atoms with E-state index in [1.165, 1.54) is 24.3 Å². The van der Waals surface area contributed by atoms with Gasteiger partial charge in [-0.2, -0.15) is 0 Å². The third-order valence-electron chi connectivity index (χ3n) is 3.00. The van der Waals surface area contributed by atoms with Crippen LogP contribution in [0, 0.1) is 0 Å². The van der Waals surface area contributed by atoms with Crippen LogP contribution in [0.25, 0.3) is 11.6 Å². The largest absolute Gasteiger partial charge is 0.478 e. The molecule has 110 valence electrons. The van der Waals surface area contributed by atoms with E-state index in [-0.39, 0.29) is 11.1 Å². The average molecular weight is 294 g/mol. The lowest BCUT2D eigenvalue weighted by molar-refractivity contribution is -0.130. The van der Waals surface area contributed by atoms with Crippen LogP contribution in [0.4, 0.5) is 0 Å². The van der Waals surface area contributed by atoms with E-state index in [1.54, 1.807) is 18.2 Å². The fraction of sp³-hybridized carbons (Fsp3) is 0. The molecule has 0 aliphatic heterocycles. The Hall–Kier alpha value is -3.14. The van der Waals surface area contributed by atoms with Gasteiger partial charge in [0.25, 0.3) is 0 Å². The Kier molecular flexibility index (Phi) is 4.88. The van der Waals surface area contributed by atoms with Crippen molar-refractivity contribution in [3.05, 3.63) is 83.4 Å². The van der Waals surface area contributed by atoms with Crippen LogP contribution < -0.4 is 0 Å². The van der Waals surface area contributed by atoms with E-state index in [1.807, 2.05) is 30.3 Å². The van der Waals surface area contributed by atoms with E-state index in [9.17, 15) is 14.7 Å². The number of carbonyl (C=O) groups is 2. The van der Waals surface area contributed by atoms with Crippen molar-refractivity contribution in [3.63, 3.8) is 0 Å². The Morgan fingerprint density at radius 1 is 0.864 bits per heavy atom. The van der Waals surface area contributed by atoms with Crippen LogP contribution in [0.5, 0.6) is 0 Å². The molecule has 0 aliphatic carbocycles. The first-order valence-corrected chi connectivity index (χ1v) is 6.58. The normalized spacial score (nSPS) is 11.5. The van der Waals surface area contributed by atoms with Crippen LogP contribution in [0.15, 0.2) is 66.7 Å². The summed E-state index contributed by atoms with van der Waals surface area (Å²) in [6.45, 7) is 0. The number of benzene rings is 2. The van der Waals surface area contributed by atoms with Crippen LogP contribution >= 0.6 is 0 Å². The maximum atomic E-state index is 11.4. The topological polar surface area (TPSA) is 74.6 Å². The fourth-order valence-electron chi connectivity index (χ4n) is 1.93. The van der Waals surface area contributed by atoms with Gasteiger partial charge in [0.1, 0.15) is 0 Å². The quantitative estimate of drug-likeness (QED) is 0.653. The van der Waals surface area contributed by atoms with Gasteiger partial charge in [-0.3, -0.25) is 0 Å². The smallest absolute Gasteiger partial charge is 0.336 e. The zero-order chi connectivity index (χ0) is 15.9. The molecule has 0 aliphatic rings. The summed E-state index contributed by atoms with van der Waals surface area (Å²) in [5.41, 5.74) is 1.39. The SMILES string of the molecule is O=C(O)/C(=C/C=Cc1ccccc1)c1cccc(C(=O)O)c1. The van der Waals surface area contributed by atoms with Gasteiger partial charge in [0, 0.05) is 0 Å². The van der Waals surface area contributed by atoms with E-state index in [0.717, 1.165) is 5.56 Å². The third kappa shape index (κ3) is 3.93. The molecule has 2 aromatic carbocycles. The molecule has 0 bridgehead atoms. The lowest BCUT2D eigenvalue weighted by Gasteiger charge is -2.03. The summed E-state index contributed by atoms with van der Waals surface area (Å²) < 4.78 is 0. The molecule has 0 saturated carbocycles. The highest BCUT2D eigenvalue weighted by atomic mass is 16.4. The zero-order valence-corrected chi connectivity index (χ0v) is 11.6. The molecular formula is C18H14O4. The van der Waals surface area contributed by atoms with Crippen LogP contribution in [0.2, 0.25) is 0 Å². The molecule has 0 spiro atoms. The number of aliphatic carboxylic acids is 1. The van der Waals surface area contributed by atoms with E-state index in [4.69, 9.17) is 5.11 Å². The summed E-state index contributed by atoms with van der Waals surface area (Å²) in [5, 5.41) is 18.3. The standard InChI is InChI=1S/C18H14O4/c19-17(20)15-10-5-9-14(12-15)16(18(21)22)11-4-8-13-6-2-1-3-7-13/h1-12H,(H,19,20)(H,21,22)/b8-4?,16-11+. The third-order valence-corrected chi connectivity index (χ3v) is 3.00. The Labute approximate surface area is 127 Å². The summed E-state index contributed by atoms with van der Waals surface area (Å²) in [6, 6.07) is 15.3. The first kappa shape index (κ1) is 15.3. The van der Waals surface area contributed by atoms with Gasteiger partial charge in [-0.15, -0.1) is 0 Å². The van der Waals surface area contributed by atoms with Gasteiger partial charge >= 0.3 is 11.9 Å². The summed E-state index contributed by atoms with van der Waals surface area (Å²) in [5.74, 6) is -2.20. The molecule has 0 fully saturated rings. The van der Waals surface area contributed by atoms with E-state index in [2.05, 4.69) is 0 Å². The molecule has 22 heavy (non-hydrogen) atoms. The zero-order valence-electron chi connectivity index (χ0n) is 11.6. The van der Waals surface area contributed by atoms with Gasteiger partial charge < -0.3 is 10.2 Å². The molecule has 0 aromatic heterocycles. The van der Waals surface area contributed by atoms with Gasteiger partial charge in [-0.05, 0) is 29.3 Å². The molecule has 0 unspecified atom stereocenters. The minimum Gasteiger partial charge on any atom is -0.478 e. The van der Waals surface area contributed by atoms with Crippen molar-refractivity contribution < 1.29 is 19.8 Å². The van der Waals surface area contributed by atoms with Gasteiger partial charge in [0.15, 0.2) is 0 Å². The Morgan fingerprint density at radius 3 is 2.18 bits per heavy atom. The Morgan fingerprint density at radius 2 is 1.55 bits per heavy atom. The molecule has 4 heteroatoms. The number of aromatic carboxylic acids is 1. The number of hydrogen-bond donors (Lipinski definition) is 2. The molecular weight excluding hydrogens is 280 g/mol. The molecule has 2 N–H and O–H groups in total. The van der Waals surface area contributed by atoms with E-state index < -0.39 is 11.9 Å². The minimum absolute atomic E-state index is 0.0373. The summed E-state index contributed by atoms with van der Waals surface area (Å²) in [4.78, 5) is 22.3. The molecule has 4 nitrogen and oxygen atoms in total. The molecule has 0 saturated heterocycles. The van der Waals surface area contributed by atoms with Gasteiger partial charge in [-0.1, -0.05) is 54.6 Å². The van der Waals surface area contributed by atoms with E-state index >= 15 is 0 Å². The van der Waals surface area contributed by atoms with Crippen molar-refractivity contribution in [3.8, 4) is 0 Å². The number of hydrogen-bond acceptors (Lipinski definition) is 2. The fourth-order valence-corrected chi connectivity index (χ4v) is 1.93. The Bertz CT molecular complexity index is 743. The van der Waals surface area contributed by atoms with Gasteiger partial charge in [0.2, 0.25) is 0 Å². The highest BCUT2D eigenvalue weighted by Gasteiger charge is 2.11.